The highest BCUT2D eigenvalue weighted by molar-refractivity contribution is 7.10. The summed E-state index contributed by atoms with van der Waals surface area (Å²) in [5.74, 6) is 6.23. The third-order valence-corrected chi connectivity index (χ3v) is 10.7. The molecule has 0 bridgehead atoms. The Morgan fingerprint density at radius 3 is 1.43 bits per heavy atom. The van der Waals surface area contributed by atoms with Crippen molar-refractivity contribution in [1.82, 2.24) is 0 Å². The zero-order valence-corrected chi connectivity index (χ0v) is 20.2. The quantitative estimate of drug-likeness (QED) is 0.587. The molecule has 3 heteroatoms. The Balaban J connectivity index is 2.75. The van der Waals surface area contributed by atoms with Gasteiger partial charge in [0.15, 0.2) is 5.60 Å². The molecule has 2 rings (SSSR count). The van der Waals surface area contributed by atoms with E-state index in [1.165, 1.54) is 10.4 Å². The maximum absolute atomic E-state index is 10.9. The molecule has 0 amide bonds. The van der Waals surface area contributed by atoms with E-state index in [1.54, 1.807) is 6.92 Å². The van der Waals surface area contributed by atoms with Gasteiger partial charge in [0.2, 0.25) is 8.07 Å². The first-order chi connectivity index (χ1) is 12.9. The highest BCUT2D eigenvalue weighted by atomic mass is 28.3. The first kappa shape index (κ1) is 22.2. The summed E-state index contributed by atoms with van der Waals surface area (Å²) in [5.41, 5.74) is 5.59. The molecule has 0 aliphatic heterocycles. The van der Waals surface area contributed by atoms with Gasteiger partial charge in [-0.2, -0.15) is 0 Å². The summed E-state index contributed by atoms with van der Waals surface area (Å²) >= 11 is 0. The van der Waals surface area contributed by atoms with E-state index >= 15 is 0 Å². The van der Waals surface area contributed by atoms with Crippen molar-refractivity contribution in [1.29, 1.82) is 0 Å². The normalized spacial score (nSPS) is 14.1. The van der Waals surface area contributed by atoms with Crippen LogP contribution >= 0.6 is 0 Å². The average Bonchev–Trinajstić information content (AvgIpc) is 2.61. The van der Waals surface area contributed by atoms with Crippen molar-refractivity contribution in [2.75, 3.05) is 0 Å². The van der Waals surface area contributed by atoms with Crippen LogP contribution in [0.25, 0.3) is 0 Å². The fraction of sp³-hybridized carbons (Fsp3) is 0.360. The second kappa shape index (κ2) is 8.13. The van der Waals surface area contributed by atoms with Crippen molar-refractivity contribution in [2.24, 2.45) is 0 Å². The van der Waals surface area contributed by atoms with E-state index in [2.05, 4.69) is 112 Å². The highest BCUT2D eigenvalue weighted by Gasteiger charge is 2.47. The zero-order valence-electron chi connectivity index (χ0n) is 18.2. The van der Waals surface area contributed by atoms with Gasteiger partial charge in [0.25, 0.3) is 0 Å². The molecular weight excluding hydrogens is 372 g/mol. The van der Waals surface area contributed by atoms with Crippen LogP contribution in [0, 0.1) is 22.9 Å². The van der Waals surface area contributed by atoms with Crippen LogP contribution in [0.1, 0.15) is 27.7 Å². The van der Waals surface area contributed by atoms with Crippen molar-refractivity contribution >= 4 is 26.5 Å². The smallest absolute Gasteiger partial charge is 0.204 e. The first-order valence-electron chi connectivity index (χ1n) is 9.79. The fourth-order valence-corrected chi connectivity index (χ4v) is 8.46. The third kappa shape index (κ3) is 5.27. The second-order valence-electron chi connectivity index (χ2n) is 9.55. The molecule has 1 unspecified atom stereocenters. The Labute approximate surface area is 173 Å². The van der Waals surface area contributed by atoms with Gasteiger partial charge in [-0.25, -0.2) is 0 Å². The Morgan fingerprint density at radius 1 is 0.679 bits per heavy atom. The highest BCUT2D eigenvalue weighted by Crippen LogP contribution is 2.35. The minimum absolute atomic E-state index is 0.0645. The minimum Gasteiger partial charge on any atom is -0.367 e. The molecule has 1 atom stereocenters. The van der Waals surface area contributed by atoms with Crippen LogP contribution in [-0.4, -0.2) is 26.9 Å². The molecule has 0 saturated heterocycles. The summed E-state index contributed by atoms with van der Waals surface area (Å²) < 4.78 is 0. The maximum atomic E-state index is 10.9. The predicted molar refractivity (Wildman–Crippen MR) is 127 cm³/mol. The van der Waals surface area contributed by atoms with Gasteiger partial charge in [0.05, 0.1) is 0 Å². The van der Waals surface area contributed by atoms with Crippen LogP contribution in [0.4, 0.5) is 0 Å². The molecule has 2 aromatic carbocycles. The molecule has 0 aliphatic carbocycles. The summed E-state index contributed by atoms with van der Waals surface area (Å²) in [7, 11) is -4.10. The maximum Gasteiger partial charge on any atom is 0.204 e. The number of hydrogen-bond acceptors (Lipinski definition) is 1. The van der Waals surface area contributed by atoms with E-state index < -0.39 is 21.7 Å². The lowest BCUT2D eigenvalue weighted by Gasteiger charge is -2.39. The molecule has 28 heavy (non-hydrogen) atoms. The average molecular weight is 405 g/mol. The first-order valence-corrected chi connectivity index (χ1v) is 15.3. The second-order valence-corrected chi connectivity index (χ2v) is 18.7. The van der Waals surface area contributed by atoms with Gasteiger partial charge < -0.3 is 5.11 Å². The largest absolute Gasteiger partial charge is 0.367 e. The van der Waals surface area contributed by atoms with E-state index in [-0.39, 0.29) is 5.04 Å². The summed E-state index contributed by atoms with van der Waals surface area (Å²) in [6.07, 6.45) is 0. The third-order valence-electron chi connectivity index (χ3n) is 4.71. The lowest BCUT2D eigenvalue weighted by Crippen LogP contribution is -2.63. The molecule has 1 nitrogen and oxygen atoms in total. The van der Waals surface area contributed by atoms with Gasteiger partial charge in [-0.1, -0.05) is 113 Å². The van der Waals surface area contributed by atoms with Crippen LogP contribution in [-0.2, 0) is 0 Å². The van der Waals surface area contributed by atoms with Crippen molar-refractivity contribution in [3.05, 3.63) is 60.7 Å². The van der Waals surface area contributed by atoms with E-state index in [4.69, 9.17) is 0 Å². The summed E-state index contributed by atoms with van der Waals surface area (Å²) in [6, 6.07) is 21.1. The number of rotatable bonds is 2. The van der Waals surface area contributed by atoms with Gasteiger partial charge in [0, 0.05) is 0 Å². The molecular formula is C25H32OSi2. The summed E-state index contributed by atoms with van der Waals surface area (Å²) in [5, 5.41) is 13.4. The predicted octanol–water partition coefficient (Wildman–Crippen LogP) is 4.22. The van der Waals surface area contributed by atoms with Crippen LogP contribution < -0.4 is 10.4 Å². The van der Waals surface area contributed by atoms with E-state index in [9.17, 15) is 5.11 Å². The molecule has 2 aromatic rings. The standard InChI is InChI=1S/C25H32OSi2/c1-24(2,3)28(22-14-10-8-11-15-22,23-16-12-9-13-17-23)21-19-25(4,26)18-20-27(5,6)7/h8-17,26H,1-7H3. The van der Waals surface area contributed by atoms with Crippen LogP contribution in [0.15, 0.2) is 60.7 Å². The van der Waals surface area contributed by atoms with Crippen molar-refractivity contribution in [3.63, 3.8) is 0 Å². The Hall–Kier alpha value is -2.05. The molecule has 0 fully saturated rings. The minimum atomic E-state index is -2.51. The van der Waals surface area contributed by atoms with Crippen molar-refractivity contribution < 1.29 is 5.11 Å². The Morgan fingerprint density at radius 2 is 1.07 bits per heavy atom. The topological polar surface area (TPSA) is 20.2 Å². The SMILES string of the molecule is CC(O)(C#C[Si](C)(C)C)C#C[Si](c1ccccc1)(c1ccccc1)C(C)(C)C. The molecule has 0 aliphatic rings. The molecule has 1 N–H and O–H groups in total. The fourth-order valence-electron chi connectivity index (χ4n) is 3.30. The van der Waals surface area contributed by atoms with Gasteiger partial charge >= 0.3 is 0 Å². The lowest BCUT2D eigenvalue weighted by molar-refractivity contribution is 0.185. The number of benzene rings is 2. The van der Waals surface area contributed by atoms with Gasteiger partial charge in [-0.05, 0) is 22.3 Å². The van der Waals surface area contributed by atoms with Crippen molar-refractivity contribution in [3.8, 4) is 22.9 Å². The van der Waals surface area contributed by atoms with E-state index in [1.807, 2.05) is 12.1 Å². The van der Waals surface area contributed by atoms with Crippen LogP contribution in [0.5, 0.6) is 0 Å². The molecule has 0 spiro atoms. The lowest BCUT2D eigenvalue weighted by atomic mass is 10.1. The molecule has 146 valence electrons. The molecule has 0 aromatic heterocycles. The van der Waals surface area contributed by atoms with Crippen LogP contribution in [0.2, 0.25) is 24.7 Å². The molecule has 0 radical (unpaired) electrons. The number of aliphatic hydroxyl groups is 1. The molecule has 0 saturated carbocycles. The van der Waals surface area contributed by atoms with E-state index in [0.717, 1.165) is 0 Å². The van der Waals surface area contributed by atoms with Gasteiger partial charge in [-0.15, -0.1) is 11.1 Å². The summed E-state index contributed by atoms with van der Waals surface area (Å²) in [4.78, 5) is 0. The van der Waals surface area contributed by atoms with Crippen molar-refractivity contribution in [2.45, 2.75) is 58.0 Å². The van der Waals surface area contributed by atoms with Gasteiger partial charge in [0.1, 0.15) is 8.07 Å². The van der Waals surface area contributed by atoms with Gasteiger partial charge in [-0.3, -0.25) is 0 Å². The van der Waals surface area contributed by atoms with E-state index in [0.29, 0.717) is 0 Å². The zero-order chi connectivity index (χ0) is 21.1. The van der Waals surface area contributed by atoms with Crippen LogP contribution in [0.3, 0.4) is 0 Å². The monoisotopic (exact) mass is 404 g/mol. The Kier molecular flexibility index (Phi) is 6.46. The molecule has 0 heterocycles. The Bertz CT molecular complexity index is 870. The number of hydrogen-bond donors (Lipinski definition) is 1. The summed E-state index contributed by atoms with van der Waals surface area (Å²) in [6.45, 7) is 15.0.